The van der Waals surface area contributed by atoms with Gasteiger partial charge < -0.3 is 9.64 Å². The molecule has 0 N–H and O–H groups in total. The average Bonchev–Trinajstić information content (AvgIpc) is 3.25. The molecule has 2 aromatic rings. The Bertz CT molecular complexity index is 1030. The fourth-order valence-electron chi connectivity index (χ4n) is 3.72. The molecule has 0 aromatic heterocycles. The smallest absolute Gasteiger partial charge is 0.316 e. The molecule has 2 aliphatic rings. The minimum atomic E-state index is -0.588. The molecule has 2 heterocycles. The topological polar surface area (TPSA) is 84.0 Å². The number of carbonyl (C=O) groups excluding carboxylic acids is 4. The predicted octanol–water partition coefficient (Wildman–Crippen LogP) is 3.26. The number of hydrogen-bond acceptors (Lipinski definition) is 5. The average molecular weight is 427 g/mol. The van der Waals surface area contributed by atoms with Crippen molar-refractivity contribution in [3.63, 3.8) is 0 Å². The first-order valence-corrected chi connectivity index (χ1v) is 9.95. The van der Waals surface area contributed by atoms with Gasteiger partial charge in [0.05, 0.1) is 11.6 Å². The minimum Gasteiger partial charge on any atom is -0.426 e. The Kier molecular flexibility index (Phi) is 5.30. The lowest BCUT2D eigenvalue weighted by molar-refractivity contribution is -0.139. The second-order valence-electron chi connectivity index (χ2n) is 7.37. The van der Waals surface area contributed by atoms with E-state index in [4.69, 9.17) is 16.3 Å². The van der Waals surface area contributed by atoms with Crippen LogP contribution in [-0.2, 0) is 19.2 Å². The van der Waals surface area contributed by atoms with Gasteiger partial charge in [0.15, 0.2) is 0 Å². The third kappa shape index (κ3) is 3.80. The zero-order valence-corrected chi connectivity index (χ0v) is 17.0. The first kappa shape index (κ1) is 20.1. The van der Waals surface area contributed by atoms with Crippen molar-refractivity contribution in [2.75, 3.05) is 16.3 Å². The summed E-state index contributed by atoms with van der Waals surface area (Å²) in [4.78, 5) is 51.6. The molecular weight excluding hydrogens is 408 g/mol. The van der Waals surface area contributed by atoms with Gasteiger partial charge in [-0.25, -0.2) is 0 Å². The zero-order valence-electron chi connectivity index (χ0n) is 16.3. The Balaban J connectivity index is 1.44. The first-order valence-electron chi connectivity index (χ1n) is 9.57. The van der Waals surface area contributed by atoms with Crippen molar-refractivity contribution in [3.05, 3.63) is 53.1 Å². The van der Waals surface area contributed by atoms with E-state index in [1.165, 1.54) is 4.90 Å². The molecule has 1 atom stereocenters. The number of halogens is 1. The van der Waals surface area contributed by atoms with E-state index >= 15 is 0 Å². The van der Waals surface area contributed by atoms with Crippen molar-refractivity contribution >= 4 is 46.7 Å². The molecule has 0 aliphatic carbocycles. The maximum atomic E-state index is 12.6. The van der Waals surface area contributed by atoms with Crippen LogP contribution in [0.2, 0.25) is 5.02 Å². The highest BCUT2D eigenvalue weighted by atomic mass is 35.5. The van der Waals surface area contributed by atoms with Crippen LogP contribution in [0.4, 0.5) is 11.4 Å². The van der Waals surface area contributed by atoms with Gasteiger partial charge in [-0.2, -0.15) is 0 Å². The molecule has 2 saturated heterocycles. The Morgan fingerprint density at radius 1 is 1.00 bits per heavy atom. The molecule has 8 heteroatoms. The van der Waals surface area contributed by atoms with Crippen LogP contribution in [-0.4, -0.2) is 30.2 Å². The number of esters is 1. The summed E-state index contributed by atoms with van der Waals surface area (Å²) < 4.78 is 5.47. The van der Waals surface area contributed by atoms with Crippen molar-refractivity contribution in [3.8, 4) is 5.75 Å². The van der Waals surface area contributed by atoms with Crippen LogP contribution in [0.5, 0.6) is 5.75 Å². The Morgan fingerprint density at radius 3 is 2.30 bits per heavy atom. The second-order valence-corrected chi connectivity index (χ2v) is 7.81. The van der Waals surface area contributed by atoms with E-state index in [0.717, 1.165) is 0 Å². The highest BCUT2D eigenvalue weighted by Gasteiger charge is 2.36. The minimum absolute atomic E-state index is 0.0648. The molecule has 0 unspecified atom stereocenters. The van der Waals surface area contributed by atoms with E-state index < -0.39 is 11.9 Å². The molecule has 0 radical (unpaired) electrons. The van der Waals surface area contributed by atoms with Crippen molar-refractivity contribution in [2.24, 2.45) is 5.92 Å². The quantitative estimate of drug-likeness (QED) is 0.425. The summed E-state index contributed by atoms with van der Waals surface area (Å²) in [6.07, 6.45) is 0.471. The van der Waals surface area contributed by atoms with Crippen molar-refractivity contribution in [2.45, 2.75) is 26.2 Å². The van der Waals surface area contributed by atoms with Gasteiger partial charge in [0, 0.05) is 36.5 Å². The Labute approximate surface area is 178 Å². The second kappa shape index (κ2) is 7.91. The molecule has 30 heavy (non-hydrogen) atoms. The number of ether oxygens (including phenoxy) is 1. The molecule has 3 amide bonds. The summed E-state index contributed by atoms with van der Waals surface area (Å²) in [5.41, 5.74) is 1.82. The summed E-state index contributed by atoms with van der Waals surface area (Å²) in [7, 11) is 0. The number of amides is 3. The lowest BCUT2D eigenvalue weighted by Gasteiger charge is -2.18. The fourth-order valence-corrected chi connectivity index (χ4v) is 3.85. The van der Waals surface area contributed by atoms with Crippen molar-refractivity contribution in [1.82, 2.24) is 0 Å². The summed E-state index contributed by atoms with van der Waals surface area (Å²) in [6.45, 7) is 1.97. The number of imide groups is 1. The van der Waals surface area contributed by atoms with E-state index in [1.807, 2.05) is 0 Å². The van der Waals surface area contributed by atoms with Gasteiger partial charge in [-0.15, -0.1) is 0 Å². The summed E-state index contributed by atoms with van der Waals surface area (Å²) in [5, 5.41) is 0.567. The number of benzene rings is 2. The highest BCUT2D eigenvalue weighted by Crippen LogP contribution is 2.31. The van der Waals surface area contributed by atoms with Crippen LogP contribution >= 0.6 is 11.6 Å². The predicted molar refractivity (Wildman–Crippen MR) is 110 cm³/mol. The maximum absolute atomic E-state index is 12.6. The fraction of sp³-hybridized carbons (Fsp3) is 0.273. The van der Waals surface area contributed by atoms with E-state index in [2.05, 4.69) is 0 Å². The van der Waals surface area contributed by atoms with Gasteiger partial charge in [-0.1, -0.05) is 11.6 Å². The van der Waals surface area contributed by atoms with Gasteiger partial charge >= 0.3 is 5.97 Å². The molecule has 154 valence electrons. The van der Waals surface area contributed by atoms with E-state index in [0.29, 0.717) is 27.7 Å². The van der Waals surface area contributed by atoms with Crippen LogP contribution in [0.3, 0.4) is 0 Å². The van der Waals surface area contributed by atoms with Crippen LogP contribution in [0.25, 0.3) is 0 Å². The molecule has 2 aromatic carbocycles. The van der Waals surface area contributed by atoms with Crippen molar-refractivity contribution in [1.29, 1.82) is 0 Å². The van der Waals surface area contributed by atoms with Gasteiger partial charge in [0.25, 0.3) is 0 Å². The molecule has 2 fully saturated rings. The van der Waals surface area contributed by atoms with E-state index in [9.17, 15) is 19.2 Å². The summed E-state index contributed by atoms with van der Waals surface area (Å²) in [5.74, 6) is -1.41. The molecule has 7 nitrogen and oxygen atoms in total. The lowest BCUT2D eigenvalue weighted by Crippen LogP contribution is -2.29. The standard InChI is InChI=1S/C22H19ClN2O5/c1-13-10-17(6-7-18(13)25-19(26)8-9-20(25)27)30-22(29)14-11-21(28)24(12-14)16-4-2-15(23)3-5-16/h2-7,10,14H,8-9,11-12H2,1H3/t14-/m0/s1. The lowest BCUT2D eigenvalue weighted by atomic mass is 10.1. The Hall–Kier alpha value is -3.19. The summed E-state index contributed by atoms with van der Waals surface area (Å²) in [6, 6.07) is 11.6. The molecule has 4 rings (SSSR count). The van der Waals surface area contributed by atoms with Crippen LogP contribution in [0, 0.1) is 12.8 Å². The van der Waals surface area contributed by atoms with Gasteiger partial charge in [0.2, 0.25) is 17.7 Å². The van der Waals surface area contributed by atoms with E-state index in [-0.39, 0.29) is 43.5 Å². The highest BCUT2D eigenvalue weighted by molar-refractivity contribution is 6.30. The van der Waals surface area contributed by atoms with Gasteiger partial charge in [-0.3, -0.25) is 24.1 Å². The number of rotatable bonds is 4. The first-order chi connectivity index (χ1) is 14.3. The number of carbonyl (C=O) groups is 4. The zero-order chi connectivity index (χ0) is 21.4. The van der Waals surface area contributed by atoms with E-state index in [1.54, 1.807) is 54.3 Å². The monoisotopic (exact) mass is 426 g/mol. The van der Waals surface area contributed by atoms with Gasteiger partial charge in [-0.05, 0) is 55.0 Å². The van der Waals surface area contributed by atoms with Gasteiger partial charge in [0.1, 0.15) is 5.75 Å². The summed E-state index contributed by atoms with van der Waals surface area (Å²) >= 11 is 5.89. The molecule has 0 saturated carbocycles. The number of anilines is 2. The Morgan fingerprint density at radius 2 is 1.67 bits per heavy atom. The number of aryl methyl sites for hydroxylation is 1. The number of hydrogen-bond donors (Lipinski definition) is 0. The normalized spacial score (nSPS) is 19.0. The van der Waals surface area contributed by atoms with Crippen molar-refractivity contribution < 1.29 is 23.9 Å². The molecule has 0 bridgehead atoms. The third-order valence-electron chi connectivity index (χ3n) is 5.28. The molecular formula is C22H19ClN2O5. The largest absolute Gasteiger partial charge is 0.426 e. The van der Waals surface area contributed by atoms with Crippen LogP contribution in [0.1, 0.15) is 24.8 Å². The SMILES string of the molecule is Cc1cc(OC(=O)[C@H]2CC(=O)N(c3ccc(Cl)cc3)C2)ccc1N1C(=O)CCC1=O. The third-order valence-corrected chi connectivity index (χ3v) is 5.53. The molecule has 2 aliphatic heterocycles. The molecule has 0 spiro atoms. The van der Waals surface area contributed by atoms with Crippen LogP contribution in [0.15, 0.2) is 42.5 Å². The van der Waals surface area contributed by atoms with Crippen LogP contribution < -0.4 is 14.5 Å². The number of nitrogens with zero attached hydrogens (tertiary/aromatic N) is 2. The maximum Gasteiger partial charge on any atom is 0.316 e.